The molecule has 20 heavy (non-hydrogen) atoms. The summed E-state index contributed by atoms with van der Waals surface area (Å²) in [6.45, 7) is 10.9. The van der Waals surface area contributed by atoms with Crippen LogP contribution in [0.25, 0.3) is 4.85 Å². The molecular weight excluding hydrogens is 274 g/mol. The Bertz CT molecular complexity index is 717. The van der Waals surface area contributed by atoms with Gasteiger partial charge < -0.3 is 4.74 Å². The monoisotopic (exact) mass is 285 g/mol. The third-order valence-electron chi connectivity index (χ3n) is 2.78. The zero-order valence-corrected chi connectivity index (χ0v) is 11.9. The predicted octanol–water partition coefficient (Wildman–Crippen LogP) is 4.73. The molecule has 3 nitrogen and oxygen atoms in total. The van der Waals surface area contributed by atoms with Crippen molar-refractivity contribution in [2.75, 3.05) is 0 Å². The van der Waals surface area contributed by atoms with E-state index in [1.54, 1.807) is 36.4 Å². The van der Waals surface area contributed by atoms with Crippen LogP contribution in [0.1, 0.15) is 21.5 Å². The smallest absolute Gasteiger partial charge is 0.343 e. The summed E-state index contributed by atoms with van der Waals surface area (Å²) >= 11 is 6.03. The van der Waals surface area contributed by atoms with Crippen LogP contribution in [0.3, 0.4) is 0 Å². The molecule has 2 aromatic carbocycles. The summed E-state index contributed by atoms with van der Waals surface area (Å²) in [7, 11) is 0. The molecule has 0 aromatic heterocycles. The van der Waals surface area contributed by atoms with Gasteiger partial charge in [-0.2, -0.15) is 0 Å². The van der Waals surface area contributed by atoms with E-state index in [9.17, 15) is 4.79 Å². The van der Waals surface area contributed by atoms with Crippen molar-refractivity contribution in [2.24, 2.45) is 0 Å². The fourth-order valence-corrected chi connectivity index (χ4v) is 2.05. The van der Waals surface area contributed by atoms with Crippen molar-refractivity contribution in [1.82, 2.24) is 0 Å². The van der Waals surface area contributed by atoms with E-state index >= 15 is 0 Å². The minimum Gasteiger partial charge on any atom is -0.435 e. The number of esters is 1. The zero-order chi connectivity index (χ0) is 14.7. The standard InChI is InChI=1S/C16H12ClNO2/c1-10-4-6-12(13(17)8-10)16(19)20-15-7-5-11(2)9-14(15)18-3/h4-9H,1-2H3. The SMILES string of the molecule is [C-]#[N+]c1cc(C)ccc1OC(=O)c1ccc(C)cc1Cl. The van der Waals surface area contributed by atoms with Gasteiger partial charge in [-0.15, -0.1) is 0 Å². The average molecular weight is 286 g/mol. The molecule has 100 valence electrons. The van der Waals surface area contributed by atoms with Crippen LogP contribution in [0.2, 0.25) is 5.02 Å². The Hall–Kier alpha value is -2.31. The first-order chi connectivity index (χ1) is 9.51. The summed E-state index contributed by atoms with van der Waals surface area (Å²) in [6, 6.07) is 10.2. The lowest BCUT2D eigenvalue weighted by atomic mass is 10.1. The Morgan fingerprint density at radius 3 is 2.45 bits per heavy atom. The molecule has 0 unspecified atom stereocenters. The second-order valence-corrected chi connectivity index (χ2v) is 4.86. The summed E-state index contributed by atoms with van der Waals surface area (Å²) in [5.74, 6) is -0.323. The first kappa shape index (κ1) is 14.1. The highest BCUT2D eigenvalue weighted by Crippen LogP contribution is 2.30. The number of carbonyl (C=O) groups is 1. The lowest BCUT2D eigenvalue weighted by Gasteiger charge is -2.08. The maximum Gasteiger partial charge on any atom is 0.343 e. The van der Waals surface area contributed by atoms with Crippen LogP contribution < -0.4 is 4.74 Å². The molecule has 0 fully saturated rings. The van der Waals surface area contributed by atoms with Crippen LogP contribution in [0.5, 0.6) is 5.75 Å². The van der Waals surface area contributed by atoms with Crippen molar-refractivity contribution in [1.29, 1.82) is 0 Å². The molecule has 2 rings (SSSR count). The Kier molecular flexibility index (Phi) is 4.07. The van der Waals surface area contributed by atoms with Gasteiger partial charge in [-0.1, -0.05) is 29.3 Å². The maximum absolute atomic E-state index is 12.1. The zero-order valence-electron chi connectivity index (χ0n) is 11.1. The molecule has 0 N–H and O–H groups in total. The lowest BCUT2D eigenvalue weighted by Crippen LogP contribution is -2.09. The van der Waals surface area contributed by atoms with Crippen molar-refractivity contribution >= 4 is 23.3 Å². The first-order valence-electron chi connectivity index (χ1n) is 5.97. The third kappa shape index (κ3) is 2.98. The van der Waals surface area contributed by atoms with E-state index in [0.717, 1.165) is 11.1 Å². The van der Waals surface area contributed by atoms with Gasteiger partial charge in [0.1, 0.15) is 5.75 Å². The number of carbonyl (C=O) groups excluding carboxylic acids is 1. The highest BCUT2D eigenvalue weighted by Gasteiger charge is 2.15. The number of benzene rings is 2. The highest BCUT2D eigenvalue weighted by molar-refractivity contribution is 6.33. The molecule has 0 aliphatic carbocycles. The molecule has 0 spiro atoms. The molecule has 0 bridgehead atoms. The molecule has 2 aromatic rings. The molecule has 0 aliphatic heterocycles. The average Bonchev–Trinajstić information content (AvgIpc) is 2.40. The van der Waals surface area contributed by atoms with Crippen LogP contribution in [0, 0.1) is 20.4 Å². The van der Waals surface area contributed by atoms with Crippen molar-refractivity contribution in [2.45, 2.75) is 13.8 Å². The van der Waals surface area contributed by atoms with E-state index in [4.69, 9.17) is 22.9 Å². The van der Waals surface area contributed by atoms with Crippen molar-refractivity contribution < 1.29 is 9.53 Å². The normalized spacial score (nSPS) is 9.90. The molecule has 0 amide bonds. The van der Waals surface area contributed by atoms with Gasteiger partial charge in [0.05, 0.1) is 17.2 Å². The van der Waals surface area contributed by atoms with Crippen LogP contribution >= 0.6 is 11.6 Å². The third-order valence-corrected chi connectivity index (χ3v) is 3.09. The van der Waals surface area contributed by atoms with E-state index in [2.05, 4.69) is 4.85 Å². The van der Waals surface area contributed by atoms with Crippen LogP contribution in [0.4, 0.5) is 5.69 Å². The molecule has 4 heteroatoms. The summed E-state index contributed by atoms with van der Waals surface area (Å²) in [4.78, 5) is 15.4. The highest BCUT2D eigenvalue weighted by atomic mass is 35.5. The molecule has 0 heterocycles. The first-order valence-corrected chi connectivity index (χ1v) is 6.35. The summed E-state index contributed by atoms with van der Waals surface area (Å²) < 4.78 is 5.26. The molecule has 0 saturated heterocycles. The van der Waals surface area contributed by atoms with Gasteiger partial charge in [0.2, 0.25) is 5.69 Å². The molecular formula is C16H12ClNO2. The number of nitrogens with zero attached hydrogens (tertiary/aromatic N) is 1. The number of rotatable bonds is 2. The Morgan fingerprint density at radius 1 is 1.15 bits per heavy atom. The van der Waals surface area contributed by atoms with E-state index in [1.165, 1.54) is 0 Å². The number of hydrogen-bond acceptors (Lipinski definition) is 2. The Balaban J connectivity index is 2.31. The van der Waals surface area contributed by atoms with Crippen LogP contribution in [0.15, 0.2) is 36.4 Å². The van der Waals surface area contributed by atoms with Crippen molar-refractivity contribution in [3.63, 3.8) is 0 Å². The number of hydrogen-bond donors (Lipinski definition) is 0. The van der Waals surface area contributed by atoms with Gasteiger partial charge in [-0.3, -0.25) is 0 Å². The van der Waals surface area contributed by atoms with Gasteiger partial charge in [-0.25, -0.2) is 9.64 Å². The fourth-order valence-electron chi connectivity index (χ4n) is 1.74. The summed E-state index contributed by atoms with van der Waals surface area (Å²) in [5, 5.41) is 0.339. The van der Waals surface area contributed by atoms with Gasteiger partial charge in [0.25, 0.3) is 0 Å². The van der Waals surface area contributed by atoms with Crippen LogP contribution in [-0.2, 0) is 0 Å². The lowest BCUT2D eigenvalue weighted by molar-refractivity contribution is 0.0736. The van der Waals surface area contributed by atoms with E-state index in [1.807, 2.05) is 13.8 Å². The van der Waals surface area contributed by atoms with Crippen molar-refractivity contribution in [3.05, 3.63) is 69.5 Å². The molecule has 0 aliphatic rings. The number of aryl methyl sites for hydroxylation is 2. The van der Waals surface area contributed by atoms with E-state index in [0.29, 0.717) is 10.7 Å². The van der Waals surface area contributed by atoms with Crippen molar-refractivity contribution in [3.8, 4) is 5.75 Å². The maximum atomic E-state index is 12.1. The summed E-state index contributed by atoms with van der Waals surface area (Å²) in [5.41, 5.74) is 2.49. The number of ether oxygens (including phenoxy) is 1. The van der Waals surface area contributed by atoms with Gasteiger partial charge in [0.15, 0.2) is 0 Å². The molecule has 0 saturated carbocycles. The minimum atomic E-state index is -0.566. The largest absolute Gasteiger partial charge is 0.435 e. The van der Waals surface area contributed by atoms with Gasteiger partial charge in [-0.05, 0) is 43.7 Å². The second-order valence-electron chi connectivity index (χ2n) is 4.46. The summed E-state index contributed by atoms with van der Waals surface area (Å²) in [6.07, 6.45) is 0. The van der Waals surface area contributed by atoms with E-state index < -0.39 is 5.97 Å². The van der Waals surface area contributed by atoms with Gasteiger partial charge in [0, 0.05) is 0 Å². The molecule has 0 atom stereocenters. The quantitative estimate of drug-likeness (QED) is 0.454. The van der Waals surface area contributed by atoms with Crippen LogP contribution in [-0.4, -0.2) is 5.97 Å². The van der Waals surface area contributed by atoms with E-state index in [-0.39, 0.29) is 11.3 Å². The fraction of sp³-hybridized carbons (Fsp3) is 0.125. The Morgan fingerprint density at radius 2 is 1.80 bits per heavy atom. The predicted molar refractivity (Wildman–Crippen MR) is 78.6 cm³/mol. The minimum absolute atomic E-state index is 0.243. The number of halogens is 1. The topological polar surface area (TPSA) is 30.7 Å². The second kappa shape index (κ2) is 5.77. The Labute approximate surface area is 122 Å². The van der Waals surface area contributed by atoms with Gasteiger partial charge >= 0.3 is 5.97 Å². The molecule has 0 radical (unpaired) electrons.